The third-order valence-corrected chi connectivity index (χ3v) is 4.62. The summed E-state index contributed by atoms with van der Waals surface area (Å²) in [5.41, 5.74) is 3.36. The van der Waals surface area contributed by atoms with E-state index in [9.17, 15) is 9.90 Å². The molecule has 0 bridgehead atoms. The molecule has 1 N–H and O–H groups in total. The van der Waals surface area contributed by atoms with E-state index < -0.39 is 5.92 Å². The standard InChI is InChI=1S/C21H16O2/c1-13-12-15-7-3-5-9-17(15)20(21(13)23)19-16-8-4-2-6-14(16)10-11-18(19)22/h2-11,20,22H,1,12H2. The zero-order valence-electron chi connectivity index (χ0n) is 12.6. The summed E-state index contributed by atoms with van der Waals surface area (Å²) < 4.78 is 0. The maximum Gasteiger partial charge on any atom is 0.170 e. The van der Waals surface area contributed by atoms with Crippen LogP contribution in [0.2, 0.25) is 0 Å². The molecule has 0 radical (unpaired) electrons. The molecule has 0 fully saturated rings. The minimum Gasteiger partial charge on any atom is -0.508 e. The average Bonchev–Trinajstić information content (AvgIpc) is 2.57. The summed E-state index contributed by atoms with van der Waals surface area (Å²) in [6, 6.07) is 19.3. The predicted molar refractivity (Wildman–Crippen MR) is 91.7 cm³/mol. The van der Waals surface area contributed by atoms with Crippen molar-refractivity contribution in [3.63, 3.8) is 0 Å². The number of Topliss-reactive ketones (excluding diaryl/α,β-unsaturated/α-hetero) is 1. The summed E-state index contributed by atoms with van der Waals surface area (Å²) >= 11 is 0. The SMILES string of the molecule is C=C1Cc2ccccc2C(c2c(O)ccc3ccccc23)C1=O. The van der Waals surface area contributed by atoms with E-state index in [2.05, 4.69) is 6.58 Å². The maximum absolute atomic E-state index is 12.9. The number of fused-ring (bicyclic) bond motifs is 2. The Balaban J connectivity index is 2.06. The first-order valence-electron chi connectivity index (χ1n) is 7.67. The molecule has 0 saturated carbocycles. The molecular formula is C21H16O2. The minimum atomic E-state index is -0.487. The highest BCUT2D eigenvalue weighted by Gasteiger charge is 2.33. The van der Waals surface area contributed by atoms with Gasteiger partial charge in [-0.3, -0.25) is 4.79 Å². The lowest BCUT2D eigenvalue weighted by Gasteiger charge is -2.27. The first-order chi connectivity index (χ1) is 11.2. The summed E-state index contributed by atoms with van der Waals surface area (Å²) in [5.74, 6) is -0.333. The molecule has 1 atom stereocenters. The van der Waals surface area contributed by atoms with Crippen molar-refractivity contribution >= 4 is 16.6 Å². The number of rotatable bonds is 1. The first kappa shape index (κ1) is 13.8. The monoisotopic (exact) mass is 300 g/mol. The van der Waals surface area contributed by atoms with Gasteiger partial charge in [0, 0.05) is 12.0 Å². The van der Waals surface area contributed by atoms with Crippen molar-refractivity contribution in [3.8, 4) is 5.75 Å². The highest BCUT2D eigenvalue weighted by Crippen LogP contribution is 2.42. The van der Waals surface area contributed by atoms with Gasteiger partial charge < -0.3 is 5.11 Å². The summed E-state index contributed by atoms with van der Waals surface area (Å²) in [5, 5.41) is 12.4. The molecular weight excluding hydrogens is 284 g/mol. The molecule has 0 spiro atoms. The molecule has 3 aromatic carbocycles. The van der Waals surface area contributed by atoms with Gasteiger partial charge in [-0.2, -0.15) is 0 Å². The van der Waals surface area contributed by atoms with Crippen molar-refractivity contribution in [3.05, 3.63) is 89.5 Å². The van der Waals surface area contributed by atoms with E-state index in [1.807, 2.05) is 54.6 Å². The summed E-state index contributed by atoms with van der Waals surface area (Å²) in [4.78, 5) is 12.9. The van der Waals surface area contributed by atoms with Gasteiger partial charge >= 0.3 is 0 Å². The van der Waals surface area contributed by atoms with E-state index in [1.165, 1.54) is 0 Å². The van der Waals surface area contributed by atoms with E-state index >= 15 is 0 Å². The van der Waals surface area contributed by atoms with E-state index in [-0.39, 0.29) is 11.5 Å². The Bertz CT molecular complexity index is 953. The first-order valence-corrected chi connectivity index (χ1v) is 7.67. The lowest BCUT2D eigenvalue weighted by Crippen LogP contribution is -2.23. The maximum atomic E-state index is 12.9. The Morgan fingerprint density at radius 2 is 1.70 bits per heavy atom. The molecule has 1 aliphatic carbocycles. The Labute approximate surface area is 134 Å². The Hall–Kier alpha value is -2.87. The second-order valence-corrected chi connectivity index (χ2v) is 6.00. The van der Waals surface area contributed by atoms with Crippen LogP contribution in [0.3, 0.4) is 0 Å². The molecule has 23 heavy (non-hydrogen) atoms. The van der Waals surface area contributed by atoms with Gasteiger partial charge in [0.25, 0.3) is 0 Å². The minimum absolute atomic E-state index is 0.00430. The second kappa shape index (κ2) is 5.10. The summed E-state index contributed by atoms with van der Waals surface area (Å²) in [6.45, 7) is 3.95. The number of carbonyl (C=O) groups excluding carboxylic acids is 1. The zero-order chi connectivity index (χ0) is 16.0. The van der Waals surface area contributed by atoms with Crippen molar-refractivity contribution in [2.24, 2.45) is 0 Å². The Morgan fingerprint density at radius 1 is 0.957 bits per heavy atom. The van der Waals surface area contributed by atoms with Gasteiger partial charge in [-0.15, -0.1) is 0 Å². The molecule has 2 heteroatoms. The third-order valence-electron chi connectivity index (χ3n) is 4.62. The number of hydrogen-bond acceptors (Lipinski definition) is 2. The van der Waals surface area contributed by atoms with Crippen LogP contribution in [-0.2, 0) is 11.2 Å². The highest BCUT2D eigenvalue weighted by atomic mass is 16.3. The van der Waals surface area contributed by atoms with Gasteiger partial charge in [-0.1, -0.05) is 61.2 Å². The van der Waals surface area contributed by atoms with Crippen LogP contribution in [0.4, 0.5) is 0 Å². The second-order valence-electron chi connectivity index (χ2n) is 6.00. The Morgan fingerprint density at radius 3 is 2.57 bits per heavy atom. The summed E-state index contributed by atoms with van der Waals surface area (Å²) in [7, 11) is 0. The van der Waals surface area contributed by atoms with Crippen LogP contribution < -0.4 is 0 Å². The highest BCUT2D eigenvalue weighted by molar-refractivity contribution is 6.07. The molecule has 2 nitrogen and oxygen atoms in total. The number of benzene rings is 3. The molecule has 112 valence electrons. The van der Waals surface area contributed by atoms with Crippen molar-refractivity contribution in [1.29, 1.82) is 0 Å². The lowest BCUT2D eigenvalue weighted by atomic mass is 9.74. The lowest BCUT2D eigenvalue weighted by molar-refractivity contribution is -0.116. The number of ketones is 1. The van der Waals surface area contributed by atoms with Crippen LogP contribution in [0.15, 0.2) is 72.8 Å². The van der Waals surface area contributed by atoms with E-state index in [1.54, 1.807) is 6.07 Å². The fourth-order valence-electron chi connectivity index (χ4n) is 3.51. The quantitative estimate of drug-likeness (QED) is 0.678. The molecule has 3 aromatic rings. The number of allylic oxidation sites excluding steroid dienone is 1. The van der Waals surface area contributed by atoms with Gasteiger partial charge in [0.2, 0.25) is 0 Å². The van der Waals surface area contributed by atoms with Crippen LogP contribution in [0.25, 0.3) is 10.8 Å². The van der Waals surface area contributed by atoms with Crippen molar-refractivity contribution in [2.75, 3.05) is 0 Å². The average molecular weight is 300 g/mol. The van der Waals surface area contributed by atoms with Crippen LogP contribution in [0.5, 0.6) is 5.75 Å². The van der Waals surface area contributed by atoms with Crippen LogP contribution in [0, 0.1) is 0 Å². The zero-order valence-corrected chi connectivity index (χ0v) is 12.6. The van der Waals surface area contributed by atoms with Crippen LogP contribution in [-0.4, -0.2) is 10.9 Å². The van der Waals surface area contributed by atoms with Gasteiger partial charge in [0.05, 0.1) is 5.92 Å². The van der Waals surface area contributed by atoms with E-state index in [0.29, 0.717) is 17.6 Å². The number of carbonyl (C=O) groups is 1. The molecule has 0 heterocycles. The number of hydrogen-bond donors (Lipinski definition) is 1. The molecule has 1 unspecified atom stereocenters. The van der Waals surface area contributed by atoms with Gasteiger partial charge in [0.1, 0.15) is 5.75 Å². The molecule has 0 aromatic heterocycles. The van der Waals surface area contributed by atoms with Crippen molar-refractivity contribution in [1.82, 2.24) is 0 Å². The molecule has 4 rings (SSSR count). The summed E-state index contributed by atoms with van der Waals surface area (Å²) in [6.07, 6.45) is 0.580. The van der Waals surface area contributed by atoms with Gasteiger partial charge in [-0.25, -0.2) is 0 Å². The number of aromatic hydroxyl groups is 1. The topological polar surface area (TPSA) is 37.3 Å². The number of phenols is 1. The molecule has 0 aliphatic heterocycles. The largest absolute Gasteiger partial charge is 0.508 e. The van der Waals surface area contributed by atoms with Gasteiger partial charge in [0.15, 0.2) is 5.78 Å². The smallest absolute Gasteiger partial charge is 0.170 e. The fourth-order valence-corrected chi connectivity index (χ4v) is 3.51. The van der Waals surface area contributed by atoms with Crippen molar-refractivity contribution < 1.29 is 9.90 Å². The molecule has 1 aliphatic rings. The fraction of sp³-hybridized carbons (Fsp3) is 0.0952. The van der Waals surface area contributed by atoms with E-state index in [0.717, 1.165) is 21.9 Å². The van der Waals surface area contributed by atoms with E-state index in [4.69, 9.17) is 0 Å². The predicted octanol–water partition coefficient (Wildman–Crippen LogP) is 4.36. The van der Waals surface area contributed by atoms with Gasteiger partial charge in [-0.05, 0) is 33.5 Å². The van der Waals surface area contributed by atoms with Crippen molar-refractivity contribution in [2.45, 2.75) is 12.3 Å². The molecule has 0 saturated heterocycles. The normalized spacial score (nSPS) is 17.3. The van der Waals surface area contributed by atoms with Crippen LogP contribution in [0.1, 0.15) is 22.6 Å². The molecule has 0 amide bonds. The Kier molecular flexibility index (Phi) is 3.05. The van der Waals surface area contributed by atoms with Crippen LogP contribution >= 0.6 is 0 Å². The third kappa shape index (κ3) is 2.07. The number of phenolic OH excluding ortho intramolecular Hbond substituents is 1.